The molecule has 0 radical (unpaired) electrons. The number of halogens is 2. The third kappa shape index (κ3) is 4.33. The number of rotatable bonds is 5. The molecule has 150 valence electrons. The normalized spacial score (nSPS) is 15.6. The Hall–Kier alpha value is -2.47. The van der Waals surface area contributed by atoms with Crippen LogP contribution in [0.4, 0.5) is 13.9 Å². The number of aromatic nitrogens is 2. The molecule has 0 bridgehead atoms. The van der Waals surface area contributed by atoms with E-state index >= 15 is 0 Å². The summed E-state index contributed by atoms with van der Waals surface area (Å²) in [7, 11) is -4.69. The summed E-state index contributed by atoms with van der Waals surface area (Å²) in [5.41, 5.74) is 1.71. The number of hydrogen-bond acceptors (Lipinski definition) is 7. The minimum Gasteiger partial charge on any atom is -0.339 e. The molecule has 0 aliphatic carbocycles. The molecule has 1 fully saturated rings. The van der Waals surface area contributed by atoms with E-state index in [9.17, 15) is 26.8 Å². The van der Waals surface area contributed by atoms with E-state index in [0.717, 1.165) is 12.1 Å². The summed E-state index contributed by atoms with van der Waals surface area (Å²) in [4.78, 5) is 25.8. The molecule has 1 aromatic carbocycles. The lowest BCUT2D eigenvalue weighted by atomic mass is 9.95. The molecule has 2 amide bonds. The fourth-order valence-corrected chi connectivity index (χ4v) is 4.02. The molecule has 1 aromatic heterocycles. The summed E-state index contributed by atoms with van der Waals surface area (Å²) < 4.78 is 48.0. The van der Waals surface area contributed by atoms with Gasteiger partial charge in [0.1, 0.15) is 5.51 Å². The standard InChI is InChI=1S/C16H16F2N4O4S2/c17-15(18)28(25,26)12-3-1-11(2-4-12)14(24)22-7-5-10(6-8-22)13(23)20-16-21-19-9-27-16/h1-4,9-10,15H,5-8H2,(H,20,21,23). The summed E-state index contributed by atoms with van der Waals surface area (Å²) in [6.45, 7) is 0.703. The van der Waals surface area contributed by atoms with Gasteiger partial charge in [0.25, 0.3) is 5.91 Å². The van der Waals surface area contributed by atoms with E-state index in [1.165, 1.54) is 29.0 Å². The number of hydrogen-bond donors (Lipinski definition) is 1. The predicted octanol–water partition coefficient (Wildman–Crippen LogP) is 2.03. The Labute approximate surface area is 163 Å². The SMILES string of the molecule is O=C(Nc1nncs1)C1CCN(C(=O)c2ccc(S(=O)(=O)C(F)F)cc2)CC1. The smallest absolute Gasteiger partial charge is 0.339 e. The molecule has 1 N–H and O–H groups in total. The number of likely N-dealkylation sites (tertiary alicyclic amines) is 1. The number of piperidine rings is 1. The van der Waals surface area contributed by atoms with Crippen molar-refractivity contribution in [3.05, 3.63) is 35.3 Å². The first-order valence-corrected chi connectivity index (χ1v) is 10.7. The molecule has 28 heavy (non-hydrogen) atoms. The number of nitrogens with zero attached hydrogens (tertiary/aromatic N) is 3. The van der Waals surface area contributed by atoms with E-state index in [2.05, 4.69) is 15.5 Å². The maximum absolute atomic E-state index is 12.6. The minimum absolute atomic E-state index is 0.176. The van der Waals surface area contributed by atoms with Crippen LogP contribution in [0, 0.1) is 5.92 Å². The summed E-state index contributed by atoms with van der Waals surface area (Å²) in [5, 5.41) is 10.5. The highest BCUT2D eigenvalue weighted by atomic mass is 32.2. The lowest BCUT2D eigenvalue weighted by molar-refractivity contribution is -0.121. The third-order valence-corrected chi connectivity index (χ3v) is 6.41. The van der Waals surface area contributed by atoms with Gasteiger partial charge in [-0.3, -0.25) is 9.59 Å². The van der Waals surface area contributed by atoms with E-state index in [4.69, 9.17) is 0 Å². The van der Waals surface area contributed by atoms with Gasteiger partial charge in [0, 0.05) is 24.6 Å². The van der Waals surface area contributed by atoms with Crippen molar-refractivity contribution in [1.29, 1.82) is 0 Å². The molecule has 3 rings (SSSR count). The largest absolute Gasteiger partial charge is 0.341 e. The highest BCUT2D eigenvalue weighted by Crippen LogP contribution is 2.23. The second-order valence-electron chi connectivity index (χ2n) is 6.13. The van der Waals surface area contributed by atoms with Gasteiger partial charge in [0.2, 0.25) is 20.9 Å². The average molecular weight is 430 g/mol. The molecule has 0 saturated carbocycles. The van der Waals surface area contributed by atoms with E-state index < -0.39 is 20.5 Å². The van der Waals surface area contributed by atoms with Gasteiger partial charge < -0.3 is 10.2 Å². The number of alkyl halides is 2. The van der Waals surface area contributed by atoms with Crippen molar-refractivity contribution in [2.75, 3.05) is 18.4 Å². The molecule has 1 aliphatic heterocycles. The van der Waals surface area contributed by atoms with E-state index in [1.807, 2.05) is 0 Å². The first-order valence-electron chi connectivity index (χ1n) is 8.27. The molecule has 12 heteroatoms. The quantitative estimate of drug-likeness (QED) is 0.777. The fourth-order valence-electron chi connectivity index (χ4n) is 2.85. The van der Waals surface area contributed by atoms with Gasteiger partial charge in [-0.05, 0) is 37.1 Å². The van der Waals surface area contributed by atoms with Gasteiger partial charge in [-0.1, -0.05) is 11.3 Å². The van der Waals surface area contributed by atoms with Crippen LogP contribution in [0.25, 0.3) is 0 Å². The van der Waals surface area contributed by atoms with Crippen LogP contribution < -0.4 is 5.32 Å². The number of nitrogens with one attached hydrogen (secondary N) is 1. The lowest BCUT2D eigenvalue weighted by Crippen LogP contribution is -2.41. The van der Waals surface area contributed by atoms with E-state index in [0.29, 0.717) is 31.1 Å². The van der Waals surface area contributed by atoms with Crippen LogP contribution >= 0.6 is 11.3 Å². The highest BCUT2D eigenvalue weighted by Gasteiger charge is 2.29. The van der Waals surface area contributed by atoms with Crippen molar-refractivity contribution in [3.8, 4) is 0 Å². The second-order valence-corrected chi connectivity index (χ2v) is 8.88. The van der Waals surface area contributed by atoms with Crippen LogP contribution in [0.1, 0.15) is 23.2 Å². The minimum atomic E-state index is -4.69. The summed E-state index contributed by atoms with van der Waals surface area (Å²) in [6.07, 6.45) is 0.933. The fraction of sp³-hybridized carbons (Fsp3) is 0.375. The molecule has 0 unspecified atom stereocenters. The molecule has 2 aromatic rings. The Bertz CT molecular complexity index is 942. The Morgan fingerprint density at radius 3 is 2.36 bits per heavy atom. The Kier molecular flexibility index (Phi) is 5.98. The number of benzene rings is 1. The van der Waals surface area contributed by atoms with Crippen molar-refractivity contribution < 1.29 is 26.8 Å². The van der Waals surface area contributed by atoms with Gasteiger partial charge >= 0.3 is 5.76 Å². The Morgan fingerprint density at radius 1 is 1.18 bits per heavy atom. The maximum Gasteiger partial charge on any atom is 0.341 e. The summed E-state index contributed by atoms with van der Waals surface area (Å²) >= 11 is 1.21. The number of anilines is 1. The van der Waals surface area contributed by atoms with Crippen molar-refractivity contribution in [3.63, 3.8) is 0 Å². The number of carbonyl (C=O) groups is 2. The number of carbonyl (C=O) groups excluding carboxylic acids is 2. The molecule has 0 atom stereocenters. The van der Waals surface area contributed by atoms with Crippen LogP contribution in [0.3, 0.4) is 0 Å². The molecule has 1 saturated heterocycles. The number of amides is 2. The second kappa shape index (κ2) is 8.27. The zero-order chi connectivity index (χ0) is 20.3. The van der Waals surface area contributed by atoms with Gasteiger partial charge in [-0.25, -0.2) is 8.42 Å². The van der Waals surface area contributed by atoms with Crippen LogP contribution in [-0.4, -0.2) is 54.2 Å². The predicted molar refractivity (Wildman–Crippen MR) is 96.8 cm³/mol. The van der Waals surface area contributed by atoms with Gasteiger partial charge in [0.15, 0.2) is 0 Å². The monoisotopic (exact) mass is 430 g/mol. The highest BCUT2D eigenvalue weighted by molar-refractivity contribution is 7.91. The van der Waals surface area contributed by atoms with Gasteiger partial charge in [0.05, 0.1) is 4.90 Å². The zero-order valence-electron chi connectivity index (χ0n) is 14.4. The maximum atomic E-state index is 12.6. The lowest BCUT2D eigenvalue weighted by Gasteiger charge is -2.31. The summed E-state index contributed by atoms with van der Waals surface area (Å²) in [5.74, 6) is -4.29. The third-order valence-electron chi connectivity index (χ3n) is 4.41. The molecule has 0 spiro atoms. The number of sulfone groups is 1. The molecule has 2 heterocycles. The van der Waals surface area contributed by atoms with Crippen molar-refractivity contribution in [2.45, 2.75) is 23.5 Å². The molecular weight excluding hydrogens is 414 g/mol. The molecular formula is C16H16F2N4O4S2. The van der Waals surface area contributed by atoms with Crippen molar-refractivity contribution >= 4 is 38.1 Å². The Morgan fingerprint density at radius 2 is 1.82 bits per heavy atom. The molecule has 8 nitrogen and oxygen atoms in total. The van der Waals surface area contributed by atoms with E-state index in [-0.39, 0.29) is 23.3 Å². The van der Waals surface area contributed by atoms with Crippen LogP contribution in [0.2, 0.25) is 0 Å². The van der Waals surface area contributed by atoms with Crippen LogP contribution in [-0.2, 0) is 14.6 Å². The average Bonchev–Trinajstić information content (AvgIpc) is 3.20. The van der Waals surface area contributed by atoms with Crippen molar-refractivity contribution in [2.24, 2.45) is 5.92 Å². The zero-order valence-corrected chi connectivity index (χ0v) is 16.0. The van der Waals surface area contributed by atoms with Crippen LogP contribution in [0.5, 0.6) is 0 Å². The van der Waals surface area contributed by atoms with E-state index in [1.54, 1.807) is 4.90 Å². The first-order chi connectivity index (χ1) is 13.3. The van der Waals surface area contributed by atoms with Crippen molar-refractivity contribution in [1.82, 2.24) is 15.1 Å². The summed E-state index contributed by atoms with van der Waals surface area (Å²) in [6, 6.07) is 4.42. The van der Waals surface area contributed by atoms with Crippen LogP contribution in [0.15, 0.2) is 34.7 Å². The first kappa shape index (κ1) is 20.3. The van der Waals surface area contributed by atoms with Gasteiger partial charge in [-0.2, -0.15) is 8.78 Å². The Balaban J connectivity index is 1.58. The molecule has 1 aliphatic rings. The van der Waals surface area contributed by atoms with Gasteiger partial charge in [-0.15, -0.1) is 10.2 Å². The topological polar surface area (TPSA) is 109 Å².